The maximum atomic E-state index is 12.6. The summed E-state index contributed by atoms with van der Waals surface area (Å²) >= 11 is 0. The van der Waals surface area contributed by atoms with Crippen molar-refractivity contribution in [2.24, 2.45) is 0 Å². The van der Waals surface area contributed by atoms with Crippen LogP contribution in [0.3, 0.4) is 0 Å². The summed E-state index contributed by atoms with van der Waals surface area (Å²) in [5.74, 6) is 0.230. The summed E-state index contributed by atoms with van der Waals surface area (Å²) in [6.07, 6.45) is 0. The minimum atomic E-state index is -3.81. The number of amides is 2. The highest BCUT2D eigenvalue weighted by molar-refractivity contribution is 7.92. The lowest BCUT2D eigenvalue weighted by Crippen LogP contribution is -2.20. The van der Waals surface area contributed by atoms with Crippen molar-refractivity contribution in [3.8, 4) is 11.5 Å². The van der Waals surface area contributed by atoms with Crippen molar-refractivity contribution in [2.45, 2.75) is 11.8 Å². The molecule has 0 atom stereocenters. The van der Waals surface area contributed by atoms with E-state index in [0.29, 0.717) is 28.6 Å². The van der Waals surface area contributed by atoms with Crippen molar-refractivity contribution < 1.29 is 27.5 Å². The number of ether oxygens (including phenoxy) is 2. The number of carbonyl (C=O) groups is 2. The van der Waals surface area contributed by atoms with Gasteiger partial charge < -0.3 is 20.1 Å². The van der Waals surface area contributed by atoms with Gasteiger partial charge in [-0.2, -0.15) is 0 Å². The van der Waals surface area contributed by atoms with Gasteiger partial charge in [0.2, 0.25) is 5.91 Å². The second-order valence-corrected chi connectivity index (χ2v) is 8.59. The van der Waals surface area contributed by atoms with Crippen LogP contribution in [-0.2, 0) is 19.6 Å². The van der Waals surface area contributed by atoms with Crippen molar-refractivity contribution in [1.82, 2.24) is 0 Å². The summed E-state index contributed by atoms with van der Waals surface area (Å²) in [5, 5.41) is 5.30. The van der Waals surface area contributed by atoms with Crippen LogP contribution in [0.15, 0.2) is 77.7 Å². The number of anilines is 3. The average molecular weight is 470 g/mol. The van der Waals surface area contributed by atoms with E-state index in [4.69, 9.17) is 9.47 Å². The first kappa shape index (κ1) is 23.6. The van der Waals surface area contributed by atoms with Crippen molar-refractivity contribution >= 4 is 38.9 Å². The number of sulfonamides is 1. The molecule has 0 heterocycles. The number of rotatable bonds is 9. The van der Waals surface area contributed by atoms with Gasteiger partial charge in [-0.25, -0.2) is 8.42 Å². The first-order valence-corrected chi connectivity index (χ1v) is 11.3. The highest BCUT2D eigenvalue weighted by atomic mass is 32.2. The third-order valence-corrected chi connectivity index (χ3v) is 5.69. The number of benzene rings is 3. The van der Waals surface area contributed by atoms with Gasteiger partial charge in [-0.3, -0.25) is 14.3 Å². The van der Waals surface area contributed by atoms with E-state index in [2.05, 4.69) is 15.4 Å². The normalized spacial score (nSPS) is 10.7. The molecule has 0 bridgehead atoms. The van der Waals surface area contributed by atoms with E-state index >= 15 is 0 Å². The van der Waals surface area contributed by atoms with Crippen LogP contribution in [0.2, 0.25) is 0 Å². The van der Waals surface area contributed by atoms with E-state index < -0.39 is 15.9 Å². The molecule has 33 heavy (non-hydrogen) atoms. The van der Waals surface area contributed by atoms with Crippen LogP contribution in [0.25, 0.3) is 0 Å². The highest BCUT2D eigenvalue weighted by Gasteiger charge is 2.15. The molecule has 0 saturated heterocycles. The van der Waals surface area contributed by atoms with Crippen LogP contribution >= 0.6 is 0 Å². The molecule has 172 valence electrons. The Bertz CT molecular complexity index is 1240. The maximum absolute atomic E-state index is 12.6. The van der Waals surface area contributed by atoms with Crippen molar-refractivity contribution in [3.05, 3.63) is 72.8 Å². The zero-order valence-corrected chi connectivity index (χ0v) is 18.8. The Morgan fingerprint density at radius 1 is 0.818 bits per heavy atom. The Morgan fingerprint density at radius 3 is 2.12 bits per heavy atom. The molecular weight excluding hydrogens is 446 g/mol. The molecule has 0 saturated carbocycles. The van der Waals surface area contributed by atoms with Gasteiger partial charge in [-0.15, -0.1) is 0 Å². The fraction of sp³-hybridized carbons (Fsp3) is 0.130. The van der Waals surface area contributed by atoms with Crippen LogP contribution in [0.4, 0.5) is 17.1 Å². The fourth-order valence-electron chi connectivity index (χ4n) is 2.84. The van der Waals surface area contributed by atoms with Crippen LogP contribution in [0.1, 0.15) is 6.92 Å². The van der Waals surface area contributed by atoms with E-state index in [0.717, 1.165) is 0 Å². The highest BCUT2D eigenvalue weighted by Crippen LogP contribution is 2.22. The van der Waals surface area contributed by atoms with Crippen LogP contribution in [-0.4, -0.2) is 33.9 Å². The molecule has 9 nitrogen and oxygen atoms in total. The van der Waals surface area contributed by atoms with E-state index in [1.54, 1.807) is 48.5 Å². The number of methoxy groups -OCH3 is 1. The fourth-order valence-corrected chi connectivity index (χ4v) is 3.89. The van der Waals surface area contributed by atoms with Crippen LogP contribution in [0.5, 0.6) is 11.5 Å². The summed E-state index contributed by atoms with van der Waals surface area (Å²) in [6.45, 7) is 1.11. The largest absolute Gasteiger partial charge is 0.497 e. The molecule has 0 unspecified atom stereocenters. The minimum absolute atomic E-state index is 0.0388. The van der Waals surface area contributed by atoms with Crippen molar-refractivity contribution in [2.75, 3.05) is 29.1 Å². The molecule has 0 aliphatic rings. The summed E-state index contributed by atoms with van der Waals surface area (Å²) in [6, 6.07) is 18.9. The zero-order chi connectivity index (χ0) is 23.8. The molecule has 0 aromatic heterocycles. The predicted molar refractivity (Wildman–Crippen MR) is 125 cm³/mol. The van der Waals surface area contributed by atoms with Gasteiger partial charge >= 0.3 is 0 Å². The Balaban J connectivity index is 1.57. The third-order valence-electron chi connectivity index (χ3n) is 4.29. The van der Waals surface area contributed by atoms with Gasteiger partial charge in [0.15, 0.2) is 6.61 Å². The SMILES string of the molecule is COc1cccc(NS(=O)(=O)c2ccc(OCC(=O)Nc3cccc(NC(C)=O)c3)cc2)c1. The molecule has 0 fully saturated rings. The maximum Gasteiger partial charge on any atom is 0.262 e. The Kier molecular flexibility index (Phi) is 7.52. The van der Waals surface area contributed by atoms with E-state index in [9.17, 15) is 18.0 Å². The summed E-state index contributed by atoms with van der Waals surface area (Å²) in [5.41, 5.74) is 1.43. The van der Waals surface area contributed by atoms with E-state index in [1.165, 1.54) is 38.3 Å². The summed E-state index contributed by atoms with van der Waals surface area (Å²) in [7, 11) is -2.31. The molecule has 2 amide bonds. The molecule has 0 aliphatic heterocycles. The van der Waals surface area contributed by atoms with Gasteiger partial charge in [-0.05, 0) is 54.6 Å². The quantitative estimate of drug-likeness (QED) is 0.441. The Labute approximate surface area is 191 Å². The molecule has 3 N–H and O–H groups in total. The first-order valence-electron chi connectivity index (χ1n) is 9.82. The number of hydrogen-bond donors (Lipinski definition) is 3. The smallest absolute Gasteiger partial charge is 0.262 e. The lowest BCUT2D eigenvalue weighted by Gasteiger charge is -2.11. The second-order valence-electron chi connectivity index (χ2n) is 6.91. The molecule has 3 aromatic rings. The van der Waals surface area contributed by atoms with E-state index in [1.807, 2.05) is 0 Å². The van der Waals surface area contributed by atoms with Crippen molar-refractivity contribution in [1.29, 1.82) is 0 Å². The molecule has 10 heteroatoms. The minimum Gasteiger partial charge on any atom is -0.497 e. The van der Waals surface area contributed by atoms with Gasteiger partial charge in [0.1, 0.15) is 11.5 Å². The van der Waals surface area contributed by atoms with Crippen molar-refractivity contribution in [3.63, 3.8) is 0 Å². The monoisotopic (exact) mass is 469 g/mol. The summed E-state index contributed by atoms with van der Waals surface area (Å²) in [4.78, 5) is 23.3. The zero-order valence-electron chi connectivity index (χ0n) is 18.0. The predicted octanol–water partition coefficient (Wildman–Crippen LogP) is 3.47. The van der Waals surface area contributed by atoms with Crippen LogP contribution < -0.4 is 24.8 Å². The Morgan fingerprint density at radius 2 is 1.45 bits per heavy atom. The molecule has 0 spiro atoms. The number of carbonyl (C=O) groups excluding carboxylic acids is 2. The summed E-state index contributed by atoms with van der Waals surface area (Å²) < 4.78 is 38.2. The molecule has 3 rings (SSSR count). The average Bonchev–Trinajstić information content (AvgIpc) is 2.77. The standard InChI is InChI=1S/C23H23N3O6S/c1-16(27)24-17-5-3-6-18(13-17)25-23(28)15-32-20-9-11-22(12-10-20)33(29,30)26-19-7-4-8-21(14-19)31-2/h3-14,26H,15H2,1-2H3,(H,24,27)(H,25,28). The third kappa shape index (κ3) is 6.97. The lowest BCUT2D eigenvalue weighted by atomic mass is 10.2. The van der Waals surface area contributed by atoms with Gasteiger partial charge in [0.05, 0.1) is 17.7 Å². The van der Waals surface area contributed by atoms with Crippen LogP contribution in [0, 0.1) is 0 Å². The topological polar surface area (TPSA) is 123 Å². The van der Waals surface area contributed by atoms with Gasteiger partial charge in [0.25, 0.3) is 15.9 Å². The van der Waals surface area contributed by atoms with E-state index in [-0.39, 0.29) is 17.4 Å². The first-order chi connectivity index (χ1) is 15.7. The molecule has 3 aromatic carbocycles. The molecule has 0 aliphatic carbocycles. The Hall–Kier alpha value is -4.05. The molecular formula is C23H23N3O6S. The second kappa shape index (κ2) is 10.5. The number of hydrogen-bond acceptors (Lipinski definition) is 6. The lowest BCUT2D eigenvalue weighted by molar-refractivity contribution is -0.118. The molecule has 0 radical (unpaired) electrons. The van der Waals surface area contributed by atoms with Gasteiger partial charge in [-0.1, -0.05) is 12.1 Å². The number of nitrogens with one attached hydrogen (secondary N) is 3. The van der Waals surface area contributed by atoms with Gasteiger partial charge in [0, 0.05) is 24.4 Å².